The molecule has 0 aliphatic rings. The summed E-state index contributed by atoms with van der Waals surface area (Å²) in [4.78, 5) is 12.6. The summed E-state index contributed by atoms with van der Waals surface area (Å²) in [7, 11) is 1.63. The van der Waals surface area contributed by atoms with E-state index >= 15 is 0 Å². The molecule has 0 saturated heterocycles. The summed E-state index contributed by atoms with van der Waals surface area (Å²) in [6, 6.07) is 11.2. The predicted octanol–water partition coefficient (Wildman–Crippen LogP) is 2.51. The Bertz CT molecular complexity index is 609. The molecule has 0 aliphatic carbocycles. The molecule has 2 aromatic rings. The van der Waals surface area contributed by atoms with Gasteiger partial charge in [0.1, 0.15) is 11.4 Å². The van der Waals surface area contributed by atoms with Crippen LogP contribution in [0.15, 0.2) is 41.8 Å². The van der Waals surface area contributed by atoms with Crippen LogP contribution in [0.4, 0.5) is 4.79 Å². The zero-order chi connectivity index (χ0) is 16.7. The summed E-state index contributed by atoms with van der Waals surface area (Å²) >= 11 is 1.47. The first-order valence-corrected chi connectivity index (χ1v) is 8.30. The van der Waals surface area contributed by atoms with Crippen LogP contribution in [-0.2, 0) is 12.0 Å². The van der Waals surface area contributed by atoms with Crippen LogP contribution in [-0.4, -0.2) is 31.3 Å². The molecule has 0 bridgehead atoms. The van der Waals surface area contributed by atoms with E-state index in [1.807, 2.05) is 41.8 Å². The van der Waals surface area contributed by atoms with E-state index in [2.05, 4.69) is 10.6 Å². The molecule has 1 aromatic carbocycles. The molecule has 2 rings (SSSR count). The smallest absolute Gasteiger partial charge is 0.314 e. The topological polar surface area (TPSA) is 70.6 Å². The van der Waals surface area contributed by atoms with Gasteiger partial charge in [0.15, 0.2) is 0 Å². The minimum atomic E-state index is -1.05. The maximum absolute atomic E-state index is 11.8. The quantitative estimate of drug-likeness (QED) is 0.728. The largest absolute Gasteiger partial charge is 0.497 e. The minimum Gasteiger partial charge on any atom is -0.497 e. The highest BCUT2D eigenvalue weighted by molar-refractivity contribution is 7.10. The molecule has 0 fully saturated rings. The van der Waals surface area contributed by atoms with Crippen LogP contribution in [0.1, 0.15) is 17.4 Å². The van der Waals surface area contributed by atoms with Gasteiger partial charge in [-0.1, -0.05) is 18.2 Å². The fourth-order valence-electron chi connectivity index (χ4n) is 2.10. The molecule has 5 nitrogen and oxygen atoms in total. The van der Waals surface area contributed by atoms with E-state index in [1.54, 1.807) is 14.0 Å². The molecule has 0 unspecified atom stereocenters. The maximum atomic E-state index is 11.8. The number of ether oxygens (including phenoxy) is 1. The molecular weight excluding hydrogens is 312 g/mol. The predicted molar refractivity (Wildman–Crippen MR) is 92.0 cm³/mol. The standard InChI is InChI=1S/C17H22N2O3S/c1-17(21,15-4-3-11-23-15)12-19-16(20)18-10-9-13-5-7-14(22-2)8-6-13/h3-8,11,21H,9-10,12H2,1-2H3,(H2,18,19,20)/t17-/m0/s1. The molecule has 0 aliphatic heterocycles. The van der Waals surface area contributed by atoms with Crippen molar-refractivity contribution in [3.8, 4) is 5.75 Å². The molecule has 1 heterocycles. The number of hydrogen-bond donors (Lipinski definition) is 3. The SMILES string of the molecule is COc1ccc(CCNC(=O)NC[C@](C)(O)c2cccs2)cc1. The van der Waals surface area contributed by atoms with Gasteiger partial charge < -0.3 is 20.5 Å². The third-order valence-corrected chi connectivity index (χ3v) is 4.63. The molecule has 0 spiro atoms. The average Bonchev–Trinajstić information content (AvgIpc) is 3.09. The molecule has 2 amide bonds. The Balaban J connectivity index is 1.70. The third-order valence-electron chi connectivity index (χ3n) is 3.50. The van der Waals surface area contributed by atoms with Gasteiger partial charge in [0.05, 0.1) is 13.7 Å². The van der Waals surface area contributed by atoms with Gasteiger partial charge in [0.2, 0.25) is 0 Å². The minimum absolute atomic E-state index is 0.169. The van der Waals surface area contributed by atoms with Crippen molar-refractivity contribution >= 4 is 17.4 Å². The number of rotatable bonds is 7. The molecule has 3 N–H and O–H groups in total. The third kappa shape index (κ3) is 5.26. The molecule has 23 heavy (non-hydrogen) atoms. The second-order valence-corrected chi connectivity index (χ2v) is 6.41. The van der Waals surface area contributed by atoms with Crippen molar-refractivity contribution in [1.82, 2.24) is 10.6 Å². The van der Waals surface area contributed by atoms with E-state index in [4.69, 9.17) is 4.74 Å². The zero-order valence-corrected chi connectivity index (χ0v) is 14.2. The highest BCUT2D eigenvalue weighted by Crippen LogP contribution is 2.24. The highest BCUT2D eigenvalue weighted by Gasteiger charge is 2.24. The number of benzene rings is 1. The summed E-state index contributed by atoms with van der Waals surface area (Å²) in [5.41, 5.74) is 0.0679. The van der Waals surface area contributed by atoms with Crippen LogP contribution in [0, 0.1) is 0 Å². The van der Waals surface area contributed by atoms with Crippen molar-refractivity contribution < 1.29 is 14.6 Å². The summed E-state index contributed by atoms with van der Waals surface area (Å²) in [5.74, 6) is 0.815. The lowest BCUT2D eigenvalue weighted by Crippen LogP contribution is -2.43. The lowest BCUT2D eigenvalue weighted by molar-refractivity contribution is 0.0631. The van der Waals surface area contributed by atoms with Crippen LogP contribution in [0.5, 0.6) is 5.75 Å². The Morgan fingerprint density at radius 2 is 2.00 bits per heavy atom. The van der Waals surface area contributed by atoms with Gasteiger partial charge in [-0.05, 0) is 42.5 Å². The maximum Gasteiger partial charge on any atom is 0.314 e. The number of amides is 2. The van der Waals surface area contributed by atoms with Crippen molar-refractivity contribution in [3.05, 3.63) is 52.2 Å². The average molecular weight is 334 g/mol. The van der Waals surface area contributed by atoms with Gasteiger partial charge in [-0.3, -0.25) is 0 Å². The van der Waals surface area contributed by atoms with Gasteiger partial charge in [0.25, 0.3) is 0 Å². The van der Waals surface area contributed by atoms with Crippen molar-refractivity contribution in [2.75, 3.05) is 20.2 Å². The van der Waals surface area contributed by atoms with E-state index < -0.39 is 5.60 Å². The summed E-state index contributed by atoms with van der Waals surface area (Å²) in [6.07, 6.45) is 0.735. The van der Waals surface area contributed by atoms with Gasteiger partial charge in [-0.2, -0.15) is 0 Å². The lowest BCUT2D eigenvalue weighted by Gasteiger charge is -2.22. The summed E-state index contributed by atoms with van der Waals surface area (Å²) in [5, 5.41) is 17.7. The van der Waals surface area contributed by atoms with Gasteiger partial charge in [-0.15, -0.1) is 11.3 Å². The molecule has 0 radical (unpaired) electrons. The molecule has 1 atom stereocenters. The van der Waals surface area contributed by atoms with Crippen molar-refractivity contribution in [1.29, 1.82) is 0 Å². The molecular formula is C17H22N2O3S. The number of urea groups is 1. The Labute approximate surface area is 140 Å². The fraction of sp³-hybridized carbons (Fsp3) is 0.353. The lowest BCUT2D eigenvalue weighted by atomic mass is 10.1. The van der Waals surface area contributed by atoms with Crippen LogP contribution in [0.25, 0.3) is 0 Å². The normalized spacial score (nSPS) is 13.2. The van der Waals surface area contributed by atoms with E-state index in [-0.39, 0.29) is 12.6 Å². The number of aliphatic hydroxyl groups is 1. The van der Waals surface area contributed by atoms with Crippen LogP contribution in [0.3, 0.4) is 0 Å². The van der Waals surface area contributed by atoms with Crippen molar-refractivity contribution in [3.63, 3.8) is 0 Å². The number of nitrogens with one attached hydrogen (secondary N) is 2. The zero-order valence-electron chi connectivity index (χ0n) is 13.3. The van der Waals surface area contributed by atoms with Gasteiger partial charge in [-0.25, -0.2) is 4.79 Å². The van der Waals surface area contributed by atoms with E-state index in [0.717, 1.165) is 22.6 Å². The van der Waals surface area contributed by atoms with Crippen molar-refractivity contribution in [2.45, 2.75) is 18.9 Å². The highest BCUT2D eigenvalue weighted by atomic mass is 32.1. The number of carbonyl (C=O) groups is 1. The molecule has 6 heteroatoms. The first kappa shape index (κ1) is 17.3. The van der Waals surface area contributed by atoms with Gasteiger partial charge >= 0.3 is 6.03 Å². The van der Waals surface area contributed by atoms with E-state index in [1.165, 1.54) is 11.3 Å². The second kappa shape index (κ2) is 7.99. The first-order valence-electron chi connectivity index (χ1n) is 7.42. The van der Waals surface area contributed by atoms with Crippen LogP contribution < -0.4 is 15.4 Å². The Morgan fingerprint density at radius 1 is 1.26 bits per heavy atom. The second-order valence-electron chi connectivity index (χ2n) is 5.46. The van der Waals surface area contributed by atoms with E-state index in [0.29, 0.717) is 6.54 Å². The molecule has 124 valence electrons. The Hall–Kier alpha value is -2.05. The summed E-state index contributed by atoms with van der Waals surface area (Å²) in [6.45, 7) is 2.39. The first-order chi connectivity index (χ1) is 11.0. The van der Waals surface area contributed by atoms with Gasteiger partial charge in [0, 0.05) is 11.4 Å². The number of methoxy groups -OCH3 is 1. The number of carbonyl (C=O) groups excluding carboxylic acids is 1. The number of thiophene rings is 1. The van der Waals surface area contributed by atoms with E-state index in [9.17, 15) is 9.90 Å². The Morgan fingerprint density at radius 3 is 2.61 bits per heavy atom. The van der Waals surface area contributed by atoms with Crippen LogP contribution >= 0.6 is 11.3 Å². The Kier molecular flexibility index (Phi) is 6.01. The molecule has 0 saturated carbocycles. The van der Waals surface area contributed by atoms with Crippen LogP contribution in [0.2, 0.25) is 0 Å². The monoisotopic (exact) mass is 334 g/mol. The fourth-order valence-corrected chi connectivity index (χ4v) is 2.89. The molecule has 1 aromatic heterocycles. The number of hydrogen-bond acceptors (Lipinski definition) is 4. The van der Waals surface area contributed by atoms with Crippen molar-refractivity contribution in [2.24, 2.45) is 0 Å². The summed E-state index contributed by atoms with van der Waals surface area (Å²) < 4.78 is 5.10.